The van der Waals surface area contributed by atoms with Crippen molar-refractivity contribution in [2.75, 3.05) is 19.1 Å². The zero-order valence-electron chi connectivity index (χ0n) is 9.89. The fourth-order valence-electron chi connectivity index (χ4n) is 1.20. The summed E-state index contributed by atoms with van der Waals surface area (Å²) in [6.07, 6.45) is 1.60. The van der Waals surface area contributed by atoms with Crippen LogP contribution in [0.1, 0.15) is 13.8 Å². The molecule has 0 aliphatic rings. The number of aliphatic carboxylic acids is 1. The number of carbonyl (C=O) groups is 1. The lowest BCUT2D eigenvalue weighted by atomic mass is 10.0. The van der Waals surface area contributed by atoms with Crippen LogP contribution in [0, 0.1) is 0 Å². The van der Waals surface area contributed by atoms with Crippen LogP contribution in [0.15, 0.2) is 18.3 Å². The molecule has 0 saturated carbocycles. The smallest absolute Gasteiger partial charge is 0.328 e. The number of likely N-dealkylation sites (N-methyl/N-ethyl adjacent to an activating group) is 1. The monoisotopic (exact) mass is 224 g/mol. The third-order valence-electron chi connectivity index (χ3n) is 2.65. The highest BCUT2D eigenvalue weighted by Gasteiger charge is 2.34. The summed E-state index contributed by atoms with van der Waals surface area (Å²) in [5, 5.41) is 9.13. The van der Waals surface area contributed by atoms with Gasteiger partial charge in [0.15, 0.2) is 11.6 Å². The van der Waals surface area contributed by atoms with Crippen molar-refractivity contribution < 1.29 is 14.6 Å². The molecular weight excluding hydrogens is 208 g/mol. The van der Waals surface area contributed by atoms with Crippen LogP contribution in [-0.2, 0) is 4.79 Å². The van der Waals surface area contributed by atoms with Crippen LogP contribution in [-0.4, -0.2) is 35.8 Å². The van der Waals surface area contributed by atoms with Gasteiger partial charge < -0.3 is 14.7 Å². The molecule has 0 amide bonds. The van der Waals surface area contributed by atoms with Gasteiger partial charge in [0.1, 0.15) is 5.54 Å². The molecule has 0 atom stereocenters. The van der Waals surface area contributed by atoms with E-state index in [0.717, 1.165) is 0 Å². The van der Waals surface area contributed by atoms with Gasteiger partial charge in [-0.2, -0.15) is 0 Å². The van der Waals surface area contributed by atoms with Gasteiger partial charge in [0.2, 0.25) is 0 Å². The quantitative estimate of drug-likeness (QED) is 0.837. The lowest BCUT2D eigenvalue weighted by Gasteiger charge is -2.33. The number of hydrogen-bond donors (Lipinski definition) is 1. The van der Waals surface area contributed by atoms with Crippen LogP contribution in [0.3, 0.4) is 0 Å². The molecule has 1 heterocycles. The van der Waals surface area contributed by atoms with E-state index in [1.807, 2.05) is 0 Å². The molecular formula is C11H16N2O3. The van der Waals surface area contributed by atoms with E-state index < -0.39 is 11.5 Å². The number of rotatable bonds is 4. The Hall–Kier alpha value is -1.78. The number of nitrogens with zero attached hydrogens (tertiary/aromatic N) is 2. The van der Waals surface area contributed by atoms with E-state index >= 15 is 0 Å². The first kappa shape index (κ1) is 12.3. The largest absolute Gasteiger partial charge is 0.493 e. The Balaban J connectivity index is 3.14. The van der Waals surface area contributed by atoms with Gasteiger partial charge in [0, 0.05) is 13.2 Å². The van der Waals surface area contributed by atoms with Gasteiger partial charge in [-0.05, 0) is 26.0 Å². The van der Waals surface area contributed by atoms with Crippen molar-refractivity contribution in [3.05, 3.63) is 18.3 Å². The molecule has 0 radical (unpaired) electrons. The standard InChI is InChI=1S/C11H16N2O3/c1-11(2,10(14)15)13(3)9-8(16-4)6-5-7-12-9/h5-7H,1-4H3,(H,14,15). The summed E-state index contributed by atoms with van der Waals surface area (Å²) in [6.45, 7) is 3.23. The number of hydrogen-bond acceptors (Lipinski definition) is 4. The Bertz CT molecular complexity index is 391. The van der Waals surface area contributed by atoms with Crippen molar-refractivity contribution in [2.24, 2.45) is 0 Å². The van der Waals surface area contributed by atoms with Gasteiger partial charge in [-0.25, -0.2) is 9.78 Å². The van der Waals surface area contributed by atoms with Crippen molar-refractivity contribution in [1.29, 1.82) is 0 Å². The number of ether oxygens (including phenoxy) is 1. The summed E-state index contributed by atoms with van der Waals surface area (Å²) in [5.74, 6) is 0.152. The maximum Gasteiger partial charge on any atom is 0.328 e. The first-order valence-corrected chi connectivity index (χ1v) is 4.87. The molecule has 0 unspecified atom stereocenters. The van der Waals surface area contributed by atoms with Crippen molar-refractivity contribution in [3.63, 3.8) is 0 Å². The van der Waals surface area contributed by atoms with E-state index in [-0.39, 0.29) is 0 Å². The Kier molecular flexibility index (Phi) is 3.37. The normalized spacial score (nSPS) is 11.0. The van der Waals surface area contributed by atoms with Crippen LogP contribution < -0.4 is 9.64 Å². The van der Waals surface area contributed by atoms with E-state index in [9.17, 15) is 4.79 Å². The van der Waals surface area contributed by atoms with Gasteiger partial charge in [-0.3, -0.25) is 0 Å². The molecule has 1 rings (SSSR count). The number of carboxylic acids is 1. The minimum absolute atomic E-state index is 0.511. The van der Waals surface area contributed by atoms with Crippen LogP contribution >= 0.6 is 0 Å². The summed E-state index contributed by atoms with van der Waals surface area (Å²) in [6, 6.07) is 3.49. The molecule has 5 nitrogen and oxygen atoms in total. The fraction of sp³-hybridized carbons (Fsp3) is 0.455. The van der Waals surface area contributed by atoms with E-state index in [4.69, 9.17) is 9.84 Å². The van der Waals surface area contributed by atoms with Crippen molar-refractivity contribution in [3.8, 4) is 5.75 Å². The predicted molar refractivity (Wildman–Crippen MR) is 60.9 cm³/mol. The number of anilines is 1. The Morgan fingerprint density at radius 2 is 2.19 bits per heavy atom. The molecule has 5 heteroatoms. The Morgan fingerprint density at radius 3 is 2.69 bits per heavy atom. The Morgan fingerprint density at radius 1 is 1.56 bits per heavy atom. The first-order valence-electron chi connectivity index (χ1n) is 4.87. The lowest BCUT2D eigenvalue weighted by molar-refractivity contribution is -0.142. The van der Waals surface area contributed by atoms with Crippen molar-refractivity contribution in [2.45, 2.75) is 19.4 Å². The van der Waals surface area contributed by atoms with Gasteiger partial charge in [0.25, 0.3) is 0 Å². The number of methoxy groups -OCH3 is 1. The summed E-state index contributed by atoms with van der Waals surface area (Å²) < 4.78 is 5.14. The molecule has 0 spiro atoms. The average Bonchev–Trinajstić information content (AvgIpc) is 2.27. The molecule has 0 aliphatic heterocycles. The van der Waals surface area contributed by atoms with E-state index in [1.54, 1.807) is 44.1 Å². The van der Waals surface area contributed by atoms with E-state index in [2.05, 4.69) is 4.98 Å². The third-order valence-corrected chi connectivity index (χ3v) is 2.65. The molecule has 1 N–H and O–H groups in total. The predicted octanol–water partition coefficient (Wildman–Crippen LogP) is 1.39. The molecule has 0 fully saturated rings. The second-order valence-electron chi connectivity index (χ2n) is 3.95. The van der Waals surface area contributed by atoms with Crippen LogP contribution in [0.2, 0.25) is 0 Å². The van der Waals surface area contributed by atoms with Crippen molar-refractivity contribution in [1.82, 2.24) is 4.98 Å². The van der Waals surface area contributed by atoms with Crippen molar-refractivity contribution >= 4 is 11.8 Å². The molecule has 88 valence electrons. The van der Waals surface area contributed by atoms with Gasteiger partial charge in [0.05, 0.1) is 7.11 Å². The molecule has 1 aromatic heterocycles. The second-order valence-corrected chi connectivity index (χ2v) is 3.95. The Labute approximate surface area is 94.7 Å². The molecule has 0 saturated heterocycles. The minimum atomic E-state index is -1.04. The molecule has 0 aliphatic carbocycles. The van der Waals surface area contributed by atoms with Crippen LogP contribution in [0.5, 0.6) is 5.75 Å². The van der Waals surface area contributed by atoms with Gasteiger partial charge in [-0.1, -0.05) is 0 Å². The lowest BCUT2D eigenvalue weighted by Crippen LogP contribution is -2.48. The average molecular weight is 224 g/mol. The molecule has 0 aromatic carbocycles. The zero-order chi connectivity index (χ0) is 12.3. The third kappa shape index (κ3) is 2.08. The second kappa shape index (κ2) is 4.38. The highest BCUT2D eigenvalue weighted by Crippen LogP contribution is 2.28. The molecule has 0 bridgehead atoms. The SMILES string of the molecule is COc1cccnc1N(C)C(C)(C)C(=O)O. The van der Waals surface area contributed by atoms with E-state index in [1.165, 1.54) is 7.11 Å². The first-order chi connectivity index (χ1) is 7.41. The molecule has 1 aromatic rings. The highest BCUT2D eigenvalue weighted by molar-refractivity contribution is 5.82. The zero-order valence-corrected chi connectivity index (χ0v) is 9.89. The minimum Gasteiger partial charge on any atom is -0.493 e. The highest BCUT2D eigenvalue weighted by atomic mass is 16.5. The number of pyridine rings is 1. The van der Waals surface area contributed by atoms with Crippen LogP contribution in [0.25, 0.3) is 0 Å². The molecule has 16 heavy (non-hydrogen) atoms. The number of carboxylic acid groups (broad SMARTS) is 1. The summed E-state index contributed by atoms with van der Waals surface area (Å²) in [7, 11) is 3.21. The number of aromatic nitrogens is 1. The van der Waals surface area contributed by atoms with Gasteiger partial charge in [-0.15, -0.1) is 0 Å². The van der Waals surface area contributed by atoms with Gasteiger partial charge >= 0.3 is 5.97 Å². The maximum atomic E-state index is 11.1. The maximum absolute atomic E-state index is 11.1. The van der Waals surface area contributed by atoms with E-state index in [0.29, 0.717) is 11.6 Å². The fourth-order valence-corrected chi connectivity index (χ4v) is 1.20. The summed E-state index contributed by atoms with van der Waals surface area (Å²) in [5.41, 5.74) is -1.04. The summed E-state index contributed by atoms with van der Waals surface area (Å²) >= 11 is 0. The summed E-state index contributed by atoms with van der Waals surface area (Å²) in [4.78, 5) is 16.8. The topological polar surface area (TPSA) is 62.7 Å². The van der Waals surface area contributed by atoms with Crippen LogP contribution in [0.4, 0.5) is 5.82 Å².